The molecule has 0 aromatic heterocycles. The van der Waals surface area contributed by atoms with Crippen LogP contribution in [0.15, 0.2) is 0 Å². The fourth-order valence-corrected chi connectivity index (χ4v) is 1.11. The lowest BCUT2D eigenvalue weighted by atomic mass is 9.97. The molecule has 1 aliphatic heterocycles. The quantitative estimate of drug-likeness (QED) is 0.427. The molecule has 0 unspecified atom stereocenters. The first-order chi connectivity index (χ1) is 5.49. The van der Waals surface area contributed by atoms with E-state index in [1.807, 2.05) is 0 Å². The van der Waals surface area contributed by atoms with Crippen molar-refractivity contribution in [3.05, 3.63) is 0 Å². The smallest absolute Gasteiger partial charge is 0.339 e. The highest BCUT2D eigenvalue weighted by Crippen LogP contribution is 2.19. The van der Waals surface area contributed by atoms with Crippen molar-refractivity contribution < 1.29 is 19.5 Å². The lowest BCUT2D eigenvalue weighted by Gasteiger charge is -2.18. The molecule has 0 spiro atoms. The summed E-state index contributed by atoms with van der Waals surface area (Å²) in [6, 6.07) is 0. The number of carboxylic acid groups (broad SMARTS) is 1. The number of carbonyl (C=O) groups is 3. The Balaban J connectivity index is 2.97. The number of hydrogen-bond acceptors (Lipinski definition) is 3. The number of aliphatic carboxylic acids is 1. The minimum atomic E-state index is -1.88. The van der Waals surface area contributed by atoms with E-state index in [1.54, 1.807) is 0 Å². The number of primary amides is 1. The predicted molar refractivity (Wildman–Crippen MR) is 36.9 cm³/mol. The molecule has 0 aliphatic carbocycles. The maximum absolute atomic E-state index is 10.7. The van der Waals surface area contributed by atoms with Crippen LogP contribution in [0.5, 0.6) is 0 Å². The van der Waals surface area contributed by atoms with Crippen LogP contribution in [0.4, 0.5) is 0 Å². The van der Waals surface area contributed by atoms with E-state index in [0.717, 1.165) is 0 Å². The summed E-state index contributed by atoms with van der Waals surface area (Å²) in [5.74, 6) is -2.89. The summed E-state index contributed by atoms with van der Waals surface area (Å²) in [7, 11) is 0. The average Bonchev–Trinajstić information content (AvgIpc) is 2.32. The molecule has 0 radical (unpaired) electrons. The van der Waals surface area contributed by atoms with E-state index in [4.69, 9.17) is 10.8 Å². The van der Waals surface area contributed by atoms with Crippen molar-refractivity contribution in [2.45, 2.75) is 18.4 Å². The molecule has 0 aromatic carbocycles. The maximum atomic E-state index is 10.7. The Kier molecular flexibility index (Phi) is 1.75. The third-order valence-corrected chi connectivity index (χ3v) is 1.87. The van der Waals surface area contributed by atoms with Crippen LogP contribution in [0.2, 0.25) is 0 Å². The summed E-state index contributed by atoms with van der Waals surface area (Å²) >= 11 is 0. The van der Waals surface area contributed by atoms with Crippen LogP contribution >= 0.6 is 0 Å². The van der Waals surface area contributed by atoms with E-state index in [-0.39, 0.29) is 12.8 Å². The minimum absolute atomic E-state index is 0.0231. The second kappa shape index (κ2) is 2.47. The van der Waals surface area contributed by atoms with Gasteiger partial charge in [0.2, 0.25) is 11.4 Å². The van der Waals surface area contributed by atoms with Gasteiger partial charge in [0.05, 0.1) is 0 Å². The first kappa shape index (κ1) is 8.51. The summed E-state index contributed by atoms with van der Waals surface area (Å²) in [6.45, 7) is 0. The molecule has 66 valence electrons. The zero-order valence-electron chi connectivity index (χ0n) is 6.16. The second-order valence-corrected chi connectivity index (χ2v) is 2.62. The Morgan fingerprint density at radius 1 is 1.58 bits per heavy atom. The van der Waals surface area contributed by atoms with E-state index < -0.39 is 23.3 Å². The standard InChI is InChI=1S/C6H8N2O4/c7-4(10)6(5(11)12)2-1-3(9)8-6/h1-2H2,(H2,7,10)(H,8,9)(H,11,12)/t6-/m1/s1. The van der Waals surface area contributed by atoms with Gasteiger partial charge >= 0.3 is 5.97 Å². The number of hydrogen-bond donors (Lipinski definition) is 3. The molecule has 1 rings (SSSR count). The third kappa shape index (κ3) is 1.01. The van der Waals surface area contributed by atoms with E-state index in [1.165, 1.54) is 0 Å². The van der Waals surface area contributed by atoms with Gasteiger partial charge in [0.25, 0.3) is 5.91 Å². The molecule has 4 N–H and O–H groups in total. The number of carbonyl (C=O) groups excluding carboxylic acids is 2. The Morgan fingerprint density at radius 2 is 2.17 bits per heavy atom. The van der Waals surface area contributed by atoms with Crippen molar-refractivity contribution in [2.75, 3.05) is 0 Å². The molecule has 0 bridgehead atoms. The number of rotatable bonds is 2. The lowest BCUT2D eigenvalue weighted by molar-refractivity contribution is -0.150. The Morgan fingerprint density at radius 3 is 2.33 bits per heavy atom. The molecule has 12 heavy (non-hydrogen) atoms. The zero-order valence-corrected chi connectivity index (χ0v) is 6.16. The largest absolute Gasteiger partial charge is 0.479 e. The Hall–Kier alpha value is -1.59. The van der Waals surface area contributed by atoms with Crippen LogP contribution in [-0.2, 0) is 14.4 Å². The van der Waals surface area contributed by atoms with Gasteiger partial charge in [-0.3, -0.25) is 9.59 Å². The SMILES string of the molecule is NC(=O)[C@@]1(C(=O)O)CCC(=O)N1. The molecule has 1 saturated heterocycles. The third-order valence-electron chi connectivity index (χ3n) is 1.87. The van der Waals surface area contributed by atoms with Crippen LogP contribution in [0, 0.1) is 0 Å². The van der Waals surface area contributed by atoms with E-state index >= 15 is 0 Å². The predicted octanol–water partition coefficient (Wildman–Crippen LogP) is -1.79. The van der Waals surface area contributed by atoms with Crippen LogP contribution in [0.1, 0.15) is 12.8 Å². The molecule has 1 heterocycles. The van der Waals surface area contributed by atoms with Crippen LogP contribution < -0.4 is 11.1 Å². The molecular formula is C6H8N2O4. The fraction of sp³-hybridized carbons (Fsp3) is 0.500. The molecule has 1 fully saturated rings. The molecule has 0 aromatic rings. The highest BCUT2D eigenvalue weighted by Gasteiger charge is 2.50. The maximum Gasteiger partial charge on any atom is 0.339 e. The highest BCUT2D eigenvalue weighted by atomic mass is 16.4. The molecule has 6 heteroatoms. The second-order valence-electron chi connectivity index (χ2n) is 2.62. The van der Waals surface area contributed by atoms with E-state index in [0.29, 0.717) is 0 Å². The van der Waals surface area contributed by atoms with Crippen molar-refractivity contribution in [1.82, 2.24) is 5.32 Å². The minimum Gasteiger partial charge on any atom is -0.479 e. The van der Waals surface area contributed by atoms with Gasteiger partial charge < -0.3 is 16.2 Å². The first-order valence-corrected chi connectivity index (χ1v) is 3.33. The fourth-order valence-electron chi connectivity index (χ4n) is 1.11. The summed E-state index contributed by atoms with van der Waals surface area (Å²) < 4.78 is 0. The number of nitrogens with one attached hydrogen (secondary N) is 1. The summed E-state index contributed by atoms with van der Waals surface area (Å²) in [6.07, 6.45) is -0.0499. The van der Waals surface area contributed by atoms with Gasteiger partial charge in [0.1, 0.15) is 0 Å². The molecule has 6 nitrogen and oxygen atoms in total. The van der Waals surface area contributed by atoms with Gasteiger partial charge in [-0.25, -0.2) is 4.79 Å². The zero-order chi connectivity index (χ0) is 9.35. The monoisotopic (exact) mass is 172 g/mol. The summed E-state index contributed by atoms with van der Waals surface area (Å²) in [5.41, 5.74) is 2.98. The van der Waals surface area contributed by atoms with Crippen molar-refractivity contribution in [3.63, 3.8) is 0 Å². The first-order valence-electron chi connectivity index (χ1n) is 3.33. The van der Waals surface area contributed by atoms with Gasteiger partial charge in [-0.15, -0.1) is 0 Å². The molecule has 1 aliphatic rings. The molecule has 2 amide bonds. The van der Waals surface area contributed by atoms with Crippen molar-refractivity contribution in [3.8, 4) is 0 Å². The van der Waals surface area contributed by atoms with Crippen LogP contribution in [0.25, 0.3) is 0 Å². The van der Waals surface area contributed by atoms with Crippen LogP contribution in [-0.4, -0.2) is 28.4 Å². The van der Waals surface area contributed by atoms with Crippen LogP contribution in [0.3, 0.4) is 0 Å². The molecule has 1 atom stereocenters. The number of nitrogens with two attached hydrogens (primary N) is 1. The summed E-state index contributed by atoms with van der Waals surface area (Å²) in [4.78, 5) is 32.0. The Labute approximate surface area is 67.7 Å². The normalized spacial score (nSPS) is 28.2. The molecular weight excluding hydrogens is 164 g/mol. The van der Waals surface area contributed by atoms with E-state index in [2.05, 4.69) is 5.32 Å². The molecule has 0 saturated carbocycles. The number of carboxylic acids is 1. The van der Waals surface area contributed by atoms with Gasteiger partial charge in [0, 0.05) is 6.42 Å². The van der Waals surface area contributed by atoms with E-state index in [9.17, 15) is 14.4 Å². The van der Waals surface area contributed by atoms with Crippen molar-refractivity contribution in [1.29, 1.82) is 0 Å². The Bertz CT molecular complexity index is 246. The van der Waals surface area contributed by atoms with Gasteiger partial charge in [-0.1, -0.05) is 0 Å². The average molecular weight is 172 g/mol. The van der Waals surface area contributed by atoms with Gasteiger partial charge in [0.15, 0.2) is 0 Å². The lowest BCUT2D eigenvalue weighted by Crippen LogP contribution is -2.58. The van der Waals surface area contributed by atoms with Gasteiger partial charge in [-0.05, 0) is 6.42 Å². The van der Waals surface area contributed by atoms with Crippen molar-refractivity contribution in [2.24, 2.45) is 5.73 Å². The highest BCUT2D eigenvalue weighted by molar-refractivity contribution is 6.10. The summed E-state index contributed by atoms with van der Waals surface area (Å²) in [5, 5.41) is 10.7. The number of amides is 2. The van der Waals surface area contributed by atoms with Crippen molar-refractivity contribution >= 4 is 17.8 Å². The van der Waals surface area contributed by atoms with Gasteiger partial charge in [-0.2, -0.15) is 0 Å². The topological polar surface area (TPSA) is 109 Å².